The van der Waals surface area contributed by atoms with Gasteiger partial charge in [0.05, 0.1) is 15.9 Å². The molecule has 0 radical (unpaired) electrons. The number of amides is 1. The summed E-state index contributed by atoms with van der Waals surface area (Å²) in [6.45, 7) is 0.302. The third-order valence-corrected chi connectivity index (χ3v) is 6.92. The van der Waals surface area contributed by atoms with Gasteiger partial charge in [0.15, 0.2) is 0 Å². The first-order valence-corrected chi connectivity index (χ1v) is 9.44. The molecule has 0 aliphatic rings. The molecule has 2 rings (SSSR count). The standard InChI is InChI=1S/C11H11BrN2O3S3/c1-13-20(16,17)10-3-2-8(19-10)5-14-11(15)7-4-9(12)18-6-7/h2-4,6,13H,5H2,1H3,(H,14,15). The molecule has 0 bridgehead atoms. The first kappa shape index (κ1) is 15.6. The highest BCUT2D eigenvalue weighted by molar-refractivity contribution is 9.11. The smallest absolute Gasteiger partial charge is 0.252 e. The van der Waals surface area contributed by atoms with Crippen LogP contribution in [0.1, 0.15) is 15.2 Å². The van der Waals surface area contributed by atoms with Gasteiger partial charge in [0.2, 0.25) is 10.0 Å². The predicted octanol–water partition coefficient (Wildman–Crippen LogP) is 2.41. The molecule has 0 spiro atoms. The quantitative estimate of drug-likeness (QED) is 0.817. The van der Waals surface area contributed by atoms with Gasteiger partial charge in [-0.15, -0.1) is 22.7 Å². The normalized spacial score (nSPS) is 11.5. The Labute approximate surface area is 133 Å². The maximum absolute atomic E-state index is 11.8. The predicted molar refractivity (Wildman–Crippen MR) is 83.8 cm³/mol. The van der Waals surface area contributed by atoms with Crippen LogP contribution in [-0.2, 0) is 16.6 Å². The van der Waals surface area contributed by atoms with Crippen molar-refractivity contribution in [3.63, 3.8) is 0 Å². The number of nitrogens with one attached hydrogen (secondary N) is 2. The summed E-state index contributed by atoms with van der Waals surface area (Å²) >= 11 is 5.87. The Morgan fingerprint density at radius 1 is 1.40 bits per heavy atom. The summed E-state index contributed by atoms with van der Waals surface area (Å²) in [7, 11) is -2.05. The van der Waals surface area contributed by atoms with Gasteiger partial charge in [-0.05, 0) is 41.2 Å². The molecule has 0 atom stereocenters. The van der Waals surface area contributed by atoms with Gasteiger partial charge in [-0.1, -0.05) is 0 Å². The van der Waals surface area contributed by atoms with Crippen molar-refractivity contribution in [3.8, 4) is 0 Å². The number of thiophene rings is 2. The van der Waals surface area contributed by atoms with Gasteiger partial charge in [-0.3, -0.25) is 4.79 Å². The Balaban J connectivity index is 2.00. The number of sulfonamides is 1. The molecule has 2 heterocycles. The molecular formula is C11H11BrN2O3S3. The second-order valence-electron chi connectivity index (χ2n) is 3.75. The van der Waals surface area contributed by atoms with Crippen molar-refractivity contribution in [1.82, 2.24) is 10.0 Å². The van der Waals surface area contributed by atoms with Crippen molar-refractivity contribution >= 4 is 54.5 Å². The molecule has 20 heavy (non-hydrogen) atoms. The Morgan fingerprint density at radius 3 is 2.75 bits per heavy atom. The zero-order valence-corrected chi connectivity index (χ0v) is 14.4. The van der Waals surface area contributed by atoms with E-state index >= 15 is 0 Å². The van der Waals surface area contributed by atoms with Crippen molar-refractivity contribution in [1.29, 1.82) is 0 Å². The minimum Gasteiger partial charge on any atom is -0.347 e. The van der Waals surface area contributed by atoms with Crippen molar-refractivity contribution in [2.45, 2.75) is 10.8 Å². The molecule has 9 heteroatoms. The van der Waals surface area contributed by atoms with E-state index in [0.29, 0.717) is 12.1 Å². The lowest BCUT2D eigenvalue weighted by molar-refractivity contribution is 0.0951. The molecule has 0 saturated heterocycles. The summed E-state index contributed by atoms with van der Waals surface area (Å²) in [5, 5.41) is 4.51. The van der Waals surface area contributed by atoms with E-state index in [2.05, 4.69) is 26.0 Å². The van der Waals surface area contributed by atoms with Crippen LogP contribution in [0.5, 0.6) is 0 Å². The minimum absolute atomic E-state index is 0.182. The molecule has 2 N–H and O–H groups in total. The van der Waals surface area contributed by atoms with Crippen LogP contribution in [0.15, 0.2) is 31.6 Å². The minimum atomic E-state index is -3.41. The summed E-state index contributed by atoms with van der Waals surface area (Å²) < 4.78 is 26.6. The number of carbonyl (C=O) groups is 1. The highest BCUT2D eigenvalue weighted by atomic mass is 79.9. The second-order valence-corrected chi connectivity index (χ2v) is 9.32. The molecule has 2 aromatic rings. The van der Waals surface area contributed by atoms with E-state index < -0.39 is 10.0 Å². The number of rotatable bonds is 5. The van der Waals surface area contributed by atoms with E-state index in [1.807, 2.05) is 0 Å². The van der Waals surface area contributed by atoms with E-state index in [9.17, 15) is 13.2 Å². The molecule has 5 nitrogen and oxygen atoms in total. The highest BCUT2D eigenvalue weighted by Gasteiger charge is 2.15. The van der Waals surface area contributed by atoms with E-state index in [4.69, 9.17) is 0 Å². The fourth-order valence-corrected chi connectivity index (χ4v) is 4.67. The molecule has 2 aromatic heterocycles. The highest BCUT2D eigenvalue weighted by Crippen LogP contribution is 2.22. The van der Waals surface area contributed by atoms with Crippen molar-refractivity contribution < 1.29 is 13.2 Å². The van der Waals surface area contributed by atoms with Crippen LogP contribution in [0.2, 0.25) is 0 Å². The van der Waals surface area contributed by atoms with Crippen LogP contribution >= 0.6 is 38.6 Å². The van der Waals surface area contributed by atoms with Crippen molar-refractivity contribution in [2.24, 2.45) is 0 Å². The van der Waals surface area contributed by atoms with Crippen LogP contribution in [0.25, 0.3) is 0 Å². The van der Waals surface area contributed by atoms with E-state index in [-0.39, 0.29) is 10.1 Å². The average Bonchev–Trinajstić information content (AvgIpc) is 3.05. The van der Waals surface area contributed by atoms with Gasteiger partial charge in [-0.25, -0.2) is 13.1 Å². The molecule has 108 valence electrons. The summed E-state index contributed by atoms with van der Waals surface area (Å²) in [5.41, 5.74) is 0.585. The Bertz CT molecular complexity index is 721. The van der Waals surface area contributed by atoms with Crippen LogP contribution in [0, 0.1) is 0 Å². The van der Waals surface area contributed by atoms with E-state index in [0.717, 1.165) is 20.0 Å². The second kappa shape index (κ2) is 6.35. The third kappa shape index (κ3) is 3.67. The number of halogens is 1. The van der Waals surface area contributed by atoms with Gasteiger partial charge in [0.1, 0.15) is 4.21 Å². The van der Waals surface area contributed by atoms with E-state index in [1.165, 1.54) is 24.5 Å². The summed E-state index contributed by atoms with van der Waals surface area (Å²) in [4.78, 5) is 12.6. The summed E-state index contributed by atoms with van der Waals surface area (Å²) in [6, 6.07) is 4.96. The van der Waals surface area contributed by atoms with Crippen molar-refractivity contribution in [3.05, 3.63) is 37.8 Å². The van der Waals surface area contributed by atoms with Gasteiger partial charge >= 0.3 is 0 Å². The number of carbonyl (C=O) groups excluding carboxylic acids is 1. The van der Waals surface area contributed by atoms with Gasteiger partial charge in [-0.2, -0.15) is 0 Å². The van der Waals surface area contributed by atoms with Gasteiger partial charge in [0.25, 0.3) is 5.91 Å². The van der Waals surface area contributed by atoms with Crippen LogP contribution in [-0.4, -0.2) is 21.4 Å². The van der Waals surface area contributed by atoms with Crippen LogP contribution < -0.4 is 10.0 Å². The van der Waals surface area contributed by atoms with Crippen molar-refractivity contribution in [2.75, 3.05) is 7.05 Å². The molecule has 0 aliphatic carbocycles. The van der Waals surface area contributed by atoms with Gasteiger partial charge in [0, 0.05) is 10.3 Å². The first-order valence-electron chi connectivity index (χ1n) is 5.47. The lowest BCUT2D eigenvalue weighted by Crippen LogP contribution is -2.21. The SMILES string of the molecule is CNS(=O)(=O)c1ccc(CNC(=O)c2csc(Br)c2)s1. The molecule has 0 saturated carbocycles. The third-order valence-electron chi connectivity index (χ3n) is 2.42. The molecule has 0 unspecified atom stereocenters. The zero-order valence-electron chi connectivity index (χ0n) is 10.3. The Morgan fingerprint density at radius 2 is 2.15 bits per heavy atom. The topological polar surface area (TPSA) is 75.3 Å². The van der Waals surface area contributed by atoms with Crippen LogP contribution in [0.3, 0.4) is 0 Å². The summed E-state index contributed by atoms with van der Waals surface area (Å²) in [5.74, 6) is -0.182. The molecule has 0 aromatic carbocycles. The summed E-state index contributed by atoms with van der Waals surface area (Å²) in [6.07, 6.45) is 0. The fraction of sp³-hybridized carbons (Fsp3) is 0.182. The fourth-order valence-electron chi connectivity index (χ4n) is 1.40. The molecule has 1 amide bonds. The van der Waals surface area contributed by atoms with E-state index in [1.54, 1.807) is 17.5 Å². The first-order chi connectivity index (χ1) is 9.42. The Hall–Kier alpha value is -0.740. The van der Waals surface area contributed by atoms with Gasteiger partial charge < -0.3 is 5.32 Å². The molecule has 0 aliphatic heterocycles. The average molecular weight is 395 g/mol. The molecular weight excluding hydrogens is 384 g/mol. The largest absolute Gasteiger partial charge is 0.347 e. The Kier molecular flexibility index (Phi) is 4.97. The van der Waals surface area contributed by atoms with Crippen LogP contribution in [0.4, 0.5) is 0 Å². The number of hydrogen-bond acceptors (Lipinski definition) is 5. The lowest BCUT2D eigenvalue weighted by Gasteiger charge is -2.01. The maximum Gasteiger partial charge on any atom is 0.252 e. The lowest BCUT2D eigenvalue weighted by atomic mass is 10.3. The maximum atomic E-state index is 11.8. The zero-order chi connectivity index (χ0) is 14.8. The number of hydrogen-bond donors (Lipinski definition) is 2. The molecule has 0 fully saturated rings. The monoisotopic (exact) mass is 394 g/mol.